The van der Waals surface area contributed by atoms with Crippen molar-refractivity contribution in [3.05, 3.63) is 52.1 Å². The minimum absolute atomic E-state index is 0.0448. The number of rotatable bonds is 6. The molecule has 25 heavy (non-hydrogen) atoms. The predicted molar refractivity (Wildman–Crippen MR) is 91.5 cm³/mol. The lowest BCUT2D eigenvalue weighted by Gasteiger charge is -2.22. The van der Waals surface area contributed by atoms with Gasteiger partial charge < -0.3 is 15.2 Å². The molecule has 0 atom stereocenters. The first-order valence-corrected chi connectivity index (χ1v) is 7.45. The van der Waals surface area contributed by atoms with Crippen LogP contribution in [-0.4, -0.2) is 29.7 Å². The van der Waals surface area contributed by atoms with Crippen LogP contribution in [0.25, 0.3) is 0 Å². The number of pyridine rings is 1. The van der Waals surface area contributed by atoms with Crippen LogP contribution in [0.3, 0.4) is 0 Å². The van der Waals surface area contributed by atoms with Gasteiger partial charge in [-0.1, -0.05) is 30.3 Å². The summed E-state index contributed by atoms with van der Waals surface area (Å²) in [6.07, 6.45) is -0.734. The number of benzene rings is 1. The Morgan fingerprint density at radius 3 is 2.60 bits per heavy atom. The third-order valence-electron chi connectivity index (χ3n) is 3.33. The Labute approximate surface area is 144 Å². The molecule has 2 rings (SSSR count). The van der Waals surface area contributed by atoms with E-state index in [9.17, 15) is 14.9 Å². The number of aromatic nitrogens is 1. The van der Waals surface area contributed by atoms with Crippen molar-refractivity contribution in [3.8, 4) is 5.88 Å². The summed E-state index contributed by atoms with van der Waals surface area (Å²) >= 11 is 0. The number of methoxy groups -OCH3 is 1. The Balaban J connectivity index is 2.57. The van der Waals surface area contributed by atoms with Crippen LogP contribution < -0.4 is 15.4 Å². The number of hydrogen-bond donors (Lipinski definition) is 1. The smallest absolute Gasteiger partial charge is 0.414 e. The third-order valence-corrected chi connectivity index (χ3v) is 3.33. The van der Waals surface area contributed by atoms with Gasteiger partial charge in [0.15, 0.2) is 0 Å². The quantitative estimate of drug-likeness (QED) is 0.630. The number of nitro groups is 1. The first-order chi connectivity index (χ1) is 12.0. The average molecular weight is 346 g/mol. The van der Waals surface area contributed by atoms with E-state index < -0.39 is 16.7 Å². The molecule has 1 aromatic carbocycles. The molecule has 0 aliphatic rings. The highest BCUT2D eigenvalue weighted by molar-refractivity contribution is 5.92. The summed E-state index contributed by atoms with van der Waals surface area (Å²) < 4.78 is 10.1. The van der Waals surface area contributed by atoms with Crippen LogP contribution in [0, 0.1) is 10.1 Å². The van der Waals surface area contributed by atoms with Gasteiger partial charge in [-0.15, -0.1) is 0 Å². The van der Waals surface area contributed by atoms with Gasteiger partial charge >= 0.3 is 11.8 Å². The minimum Gasteiger partial charge on any atom is -0.481 e. The van der Waals surface area contributed by atoms with Gasteiger partial charge in [-0.3, -0.25) is 15.0 Å². The zero-order valence-corrected chi connectivity index (χ0v) is 13.8. The van der Waals surface area contributed by atoms with E-state index in [0.29, 0.717) is 0 Å². The molecular weight excluding hydrogens is 328 g/mol. The number of ether oxygens (including phenoxy) is 2. The molecule has 0 saturated carbocycles. The van der Waals surface area contributed by atoms with E-state index in [-0.39, 0.29) is 30.5 Å². The van der Waals surface area contributed by atoms with E-state index >= 15 is 0 Å². The molecule has 1 aromatic heterocycles. The summed E-state index contributed by atoms with van der Waals surface area (Å²) in [7, 11) is 1.35. The highest BCUT2D eigenvalue weighted by Gasteiger charge is 2.30. The van der Waals surface area contributed by atoms with Crippen molar-refractivity contribution in [2.75, 3.05) is 24.4 Å². The lowest BCUT2D eigenvalue weighted by molar-refractivity contribution is -0.383. The fourth-order valence-corrected chi connectivity index (χ4v) is 2.23. The van der Waals surface area contributed by atoms with Crippen LogP contribution >= 0.6 is 0 Å². The van der Waals surface area contributed by atoms with E-state index in [1.54, 1.807) is 31.2 Å². The predicted octanol–water partition coefficient (Wildman–Crippen LogP) is 2.74. The SMILES string of the molecule is CCOC(=O)N(Cc1ccccc1)c1cc(OC)nc(N)c1[N+](=O)[O-]. The molecule has 2 aromatic rings. The van der Waals surface area contributed by atoms with Crippen molar-refractivity contribution in [1.29, 1.82) is 0 Å². The number of nitrogen functional groups attached to an aromatic ring is 1. The van der Waals surface area contributed by atoms with Crippen molar-refractivity contribution >= 4 is 23.3 Å². The molecule has 2 N–H and O–H groups in total. The molecule has 1 heterocycles. The van der Waals surface area contributed by atoms with Gasteiger partial charge in [-0.05, 0) is 12.5 Å². The summed E-state index contributed by atoms with van der Waals surface area (Å²) in [5.41, 5.74) is 5.93. The Hall–Kier alpha value is -3.36. The number of carbonyl (C=O) groups is 1. The average Bonchev–Trinajstić information content (AvgIpc) is 2.59. The monoisotopic (exact) mass is 346 g/mol. The molecular formula is C16H18N4O5. The highest BCUT2D eigenvalue weighted by Crippen LogP contribution is 2.36. The van der Waals surface area contributed by atoms with E-state index in [1.165, 1.54) is 13.2 Å². The zero-order valence-electron chi connectivity index (χ0n) is 13.8. The molecule has 0 aliphatic heterocycles. The van der Waals surface area contributed by atoms with Crippen molar-refractivity contribution < 1.29 is 19.2 Å². The second-order valence-corrected chi connectivity index (χ2v) is 4.95. The van der Waals surface area contributed by atoms with Crippen LogP contribution in [0.15, 0.2) is 36.4 Å². The van der Waals surface area contributed by atoms with E-state index in [0.717, 1.165) is 10.5 Å². The molecule has 0 fully saturated rings. The Morgan fingerprint density at radius 2 is 2.04 bits per heavy atom. The van der Waals surface area contributed by atoms with E-state index in [2.05, 4.69) is 4.98 Å². The second kappa shape index (κ2) is 7.95. The van der Waals surface area contributed by atoms with Crippen LogP contribution in [0.1, 0.15) is 12.5 Å². The summed E-state index contributed by atoms with van der Waals surface area (Å²) in [6.45, 7) is 1.83. The largest absolute Gasteiger partial charge is 0.481 e. The molecule has 0 unspecified atom stereocenters. The summed E-state index contributed by atoms with van der Waals surface area (Å²) in [5, 5.41) is 11.4. The van der Waals surface area contributed by atoms with Gasteiger partial charge in [-0.2, -0.15) is 4.98 Å². The van der Waals surface area contributed by atoms with Gasteiger partial charge in [0.2, 0.25) is 11.7 Å². The number of nitrogens with zero attached hydrogens (tertiary/aromatic N) is 3. The molecule has 1 amide bonds. The topological polar surface area (TPSA) is 121 Å². The van der Waals surface area contributed by atoms with Crippen LogP contribution in [0.2, 0.25) is 0 Å². The Morgan fingerprint density at radius 1 is 1.36 bits per heavy atom. The van der Waals surface area contributed by atoms with Gasteiger partial charge in [0, 0.05) is 6.07 Å². The number of anilines is 2. The lowest BCUT2D eigenvalue weighted by Crippen LogP contribution is -2.32. The van der Waals surface area contributed by atoms with Crippen molar-refractivity contribution in [2.24, 2.45) is 0 Å². The Bertz CT molecular complexity index is 767. The van der Waals surface area contributed by atoms with Crippen LogP contribution in [-0.2, 0) is 11.3 Å². The fourth-order valence-electron chi connectivity index (χ4n) is 2.23. The summed E-state index contributed by atoms with van der Waals surface area (Å²) in [4.78, 5) is 28.1. The molecule has 0 bridgehead atoms. The molecule has 9 nitrogen and oxygen atoms in total. The maximum absolute atomic E-state index is 12.4. The fraction of sp³-hybridized carbons (Fsp3) is 0.250. The van der Waals surface area contributed by atoms with Crippen molar-refractivity contribution in [1.82, 2.24) is 4.98 Å². The number of carbonyl (C=O) groups excluding carboxylic acids is 1. The van der Waals surface area contributed by atoms with E-state index in [4.69, 9.17) is 15.2 Å². The number of amides is 1. The normalized spacial score (nSPS) is 10.2. The second-order valence-electron chi connectivity index (χ2n) is 4.95. The first kappa shape index (κ1) is 18.0. The summed E-state index contributed by atoms with van der Waals surface area (Å²) in [6, 6.07) is 10.3. The maximum atomic E-state index is 12.4. The standard InChI is InChI=1S/C16H18N4O5/c1-3-25-16(21)19(10-11-7-5-4-6-8-11)12-9-13(24-2)18-15(17)14(12)20(22)23/h4-9H,3,10H2,1-2H3,(H2,17,18). The van der Waals surface area contributed by atoms with Gasteiger partial charge in [-0.25, -0.2) is 4.79 Å². The molecule has 0 saturated heterocycles. The maximum Gasteiger partial charge on any atom is 0.414 e. The Kier molecular flexibility index (Phi) is 5.72. The van der Waals surface area contributed by atoms with Crippen LogP contribution in [0.5, 0.6) is 5.88 Å². The van der Waals surface area contributed by atoms with Gasteiger partial charge in [0.05, 0.1) is 25.2 Å². The van der Waals surface area contributed by atoms with Gasteiger partial charge in [0.25, 0.3) is 0 Å². The number of hydrogen-bond acceptors (Lipinski definition) is 7. The van der Waals surface area contributed by atoms with Crippen molar-refractivity contribution in [3.63, 3.8) is 0 Å². The molecule has 0 aliphatic carbocycles. The lowest BCUT2D eigenvalue weighted by atomic mass is 10.2. The zero-order chi connectivity index (χ0) is 18.4. The third kappa shape index (κ3) is 4.14. The first-order valence-electron chi connectivity index (χ1n) is 7.45. The summed E-state index contributed by atoms with van der Waals surface area (Å²) in [5.74, 6) is -0.290. The number of nitrogens with two attached hydrogens (primary N) is 1. The van der Waals surface area contributed by atoms with Gasteiger partial charge in [0.1, 0.15) is 5.69 Å². The molecule has 0 radical (unpaired) electrons. The van der Waals surface area contributed by atoms with Crippen molar-refractivity contribution in [2.45, 2.75) is 13.5 Å². The highest BCUT2D eigenvalue weighted by atomic mass is 16.6. The molecule has 0 spiro atoms. The molecule has 132 valence electrons. The minimum atomic E-state index is -0.734. The van der Waals surface area contributed by atoms with E-state index in [1.807, 2.05) is 6.07 Å². The van der Waals surface area contributed by atoms with Crippen LogP contribution in [0.4, 0.5) is 22.0 Å². The molecule has 9 heteroatoms.